The lowest BCUT2D eigenvalue weighted by Crippen LogP contribution is -2.91. The van der Waals surface area contributed by atoms with Crippen LogP contribution in [0, 0.1) is 6.92 Å². The number of furan rings is 1. The second kappa shape index (κ2) is 9.28. The number of hydrogen-bond donors (Lipinski definition) is 1. The minimum absolute atomic E-state index is 0.167. The number of nitrogens with two attached hydrogens (primary N) is 1. The molecule has 1 heterocycles. The van der Waals surface area contributed by atoms with E-state index in [1.165, 1.54) is 5.56 Å². The molecule has 1 aromatic heterocycles. The molecule has 0 saturated heterocycles. The number of benzene rings is 1. The number of carbonyl (C=O) groups excluding carboxylic acids is 1. The van der Waals surface area contributed by atoms with Crippen LogP contribution < -0.4 is 5.32 Å². The maximum atomic E-state index is 12.6. The maximum Gasteiger partial charge on any atom is 0.278 e. The van der Waals surface area contributed by atoms with Crippen molar-refractivity contribution in [2.75, 3.05) is 13.1 Å². The lowest BCUT2D eigenvalue weighted by Gasteiger charge is -2.22. The number of nitrogens with zero attached hydrogens (tertiary/aromatic N) is 1. The number of rotatable bonds is 9. The van der Waals surface area contributed by atoms with Crippen LogP contribution in [0.2, 0.25) is 0 Å². The first-order valence-corrected chi connectivity index (χ1v) is 8.78. The van der Waals surface area contributed by atoms with E-state index >= 15 is 0 Å². The second-order valence-electron chi connectivity index (χ2n) is 6.39. The summed E-state index contributed by atoms with van der Waals surface area (Å²) in [6.07, 6.45) is 1.92. The van der Waals surface area contributed by atoms with Crippen molar-refractivity contribution >= 4 is 5.91 Å². The van der Waals surface area contributed by atoms with Crippen LogP contribution >= 0.6 is 0 Å². The minimum Gasteiger partial charge on any atom is -0.464 e. The zero-order valence-corrected chi connectivity index (χ0v) is 15.0. The average molecular weight is 329 g/mol. The average Bonchev–Trinajstić information content (AvgIpc) is 3.02. The summed E-state index contributed by atoms with van der Waals surface area (Å²) in [5.74, 6) is 1.89. The molecular weight excluding hydrogens is 300 g/mol. The van der Waals surface area contributed by atoms with Gasteiger partial charge in [0, 0.05) is 6.54 Å². The van der Waals surface area contributed by atoms with Crippen molar-refractivity contribution < 1.29 is 14.5 Å². The lowest BCUT2D eigenvalue weighted by atomic mass is 10.1. The molecule has 0 aliphatic rings. The fourth-order valence-corrected chi connectivity index (χ4v) is 2.56. The van der Waals surface area contributed by atoms with Crippen LogP contribution in [0.1, 0.15) is 37.4 Å². The topological polar surface area (TPSA) is 50.1 Å². The van der Waals surface area contributed by atoms with Crippen LogP contribution in [-0.2, 0) is 17.8 Å². The Morgan fingerprint density at radius 1 is 1.21 bits per heavy atom. The Kier molecular flexibility index (Phi) is 7.07. The Labute approximate surface area is 144 Å². The van der Waals surface area contributed by atoms with Gasteiger partial charge in [0.15, 0.2) is 6.54 Å². The van der Waals surface area contributed by atoms with Crippen LogP contribution in [0.15, 0.2) is 46.9 Å². The van der Waals surface area contributed by atoms with Gasteiger partial charge in [-0.2, -0.15) is 0 Å². The van der Waals surface area contributed by atoms with E-state index in [4.69, 9.17) is 4.42 Å². The van der Waals surface area contributed by atoms with E-state index in [0.29, 0.717) is 25.7 Å². The molecule has 0 unspecified atom stereocenters. The van der Waals surface area contributed by atoms with E-state index < -0.39 is 0 Å². The fraction of sp³-hybridized carbons (Fsp3) is 0.450. The molecule has 0 saturated carbocycles. The monoisotopic (exact) mass is 329 g/mol. The van der Waals surface area contributed by atoms with Gasteiger partial charge in [-0.25, -0.2) is 0 Å². The van der Waals surface area contributed by atoms with Gasteiger partial charge in [-0.1, -0.05) is 37.3 Å². The molecule has 1 amide bonds. The molecule has 4 heteroatoms. The third-order valence-corrected chi connectivity index (χ3v) is 4.35. The van der Waals surface area contributed by atoms with Crippen LogP contribution in [-0.4, -0.2) is 29.9 Å². The molecule has 0 radical (unpaired) electrons. The van der Waals surface area contributed by atoms with Gasteiger partial charge in [0.05, 0.1) is 12.6 Å². The smallest absolute Gasteiger partial charge is 0.278 e. The highest BCUT2D eigenvalue weighted by Crippen LogP contribution is 2.11. The molecule has 130 valence electrons. The molecule has 0 spiro atoms. The summed E-state index contributed by atoms with van der Waals surface area (Å²) >= 11 is 0. The van der Waals surface area contributed by atoms with E-state index in [1.807, 2.05) is 42.2 Å². The fourth-order valence-electron chi connectivity index (χ4n) is 2.56. The van der Waals surface area contributed by atoms with Gasteiger partial charge in [-0.15, -0.1) is 0 Å². The minimum atomic E-state index is 0.167. The van der Waals surface area contributed by atoms with Crippen molar-refractivity contribution in [2.45, 2.75) is 46.2 Å². The molecule has 0 fully saturated rings. The number of carbonyl (C=O) groups is 1. The van der Waals surface area contributed by atoms with E-state index in [2.05, 4.69) is 31.3 Å². The van der Waals surface area contributed by atoms with Crippen molar-refractivity contribution in [2.24, 2.45) is 0 Å². The van der Waals surface area contributed by atoms with Gasteiger partial charge in [0.1, 0.15) is 11.5 Å². The van der Waals surface area contributed by atoms with Crippen LogP contribution in [0.5, 0.6) is 0 Å². The van der Waals surface area contributed by atoms with Crippen molar-refractivity contribution in [1.29, 1.82) is 0 Å². The van der Waals surface area contributed by atoms with Crippen LogP contribution in [0.4, 0.5) is 0 Å². The molecular formula is C20H29N2O2+. The molecule has 2 aromatic rings. The Hall–Kier alpha value is -2.07. The Morgan fingerprint density at radius 3 is 2.58 bits per heavy atom. The summed E-state index contributed by atoms with van der Waals surface area (Å²) in [4.78, 5) is 14.6. The predicted octanol–water partition coefficient (Wildman–Crippen LogP) is 2.52. The highest BCUT2D eigenvalue weighted by Gasteiger charge is 2.18. The summed E-state index contributed by atoms with van der Waals surface area (Å²) in [5.41, 5.74) is 1.25. The van der Waals surface area contributed by atoms with Crippen molar-refractivity contribution in [1.82, 2.24) is 4.90 Å². The third-order valence-electron chi connectivity index (χ3n) is 4.35. The van der Waals surface area contributed by atoms with Gasteiger partial charge < -0.3 is 14.6 Å². The Morgan fingerprint density at radius 2 is 1.96 bits per heavy atom. The zero-order valence-electron chi connectivity index (χ0n) is 15.0. The number of quaternary nitrogens is 1. The summed E-state index contributed by atoms with van der Waals surface area (Å²) in [5, 5.41) is 2.12. The number of aryl methyl sites for hydroxylation is 1. The highest BCUT2D eigenvalue weighted by molar-refractivity contribution is 5.77. The van der Waals surface area contributed by atoms with Gasteiger partial charge in [0.2, 0.25) is 0 Å². The normalized spacial score (nSPS) is 12.1. The molecule has 1 aromatic carbocycles. The quantitative estimate of drug-likeness (QED) is 0.768. The van der Waals surface area contributed by atoms with Gasteiger partial charge in [0.25, 0.3) is 5.91 Å². The maximum absolute atomic E-state index is 12.6. The summed E-state index contributed by atoms with van der Waals surface area (Å²) in [6, 6.07) is 14.7. The largest absolute Gasteiger partial charge is 0.464 e. The van der Waals surface area contributed by atoms with Crippen LogP contribution in [0.3, 0.4) is 0 Å². The molecule has 24 heavy (non-hydrogen) atoms. The van der Waals surface area contributed by atoms with Gasteiger partial charge >= 0.3 is 0 Å². The lowest BCUT2D eigenvalue weighted by molar-refractivity contribution is -0.676. The van der Waals surface area contributed by atoms with Gasteiger partial charge in [-0.05, 0) is 44.4 Å². The summed E-state index contributed by atoms with van der Waals surface area (Å²) in [6.45, 7) is 7.95. The first-order chi connectivity index (χ1) is 11.6. The van der Waals surface area contributed by atoms with Gasteiger partial charge in [-0.3, -0.25) is 4.79 Å². The zero-order chi connectivity index (χ0) is 17.4. The highest BCUT2D eigenvalue weighted by atomic mass is 16.3. The summed E-state index contributed by atoms with van der Waals surface area (Å²) in [7, 11) is 0. The van der Waals surface area contributed by atoms with E-state index in [1.54, 1.807) is 0 Å². The van der Waals surface area contributed by atoms with Crippen LogP contribution in [0.25, 0.3) is 0 Å². The van der Waals surface area contributed by atoms with Crippen molar-refractivity contribution in [3.63, 3.8) is 0 Å². The van der Waals surface area contributed by atoms with Crippen molar-refractivity contribution in [3.05, 3.63) is 59.5 Å². The molecule has 0 aliphatic heterocycles. The standard InChI is InChI=1S/C20H28N2O2/c1-4-16(2)21-14-20(23)22(15-19-11-10-17(3)24-19)13-12-18-8-6-5-7-9-18/h5-11,16,21H,4,12-15H2,1-3H3/p+1/t16-/m0/s1. The Balaban J connectivity index is 1.98. The van der Waals surface area contributed by atoms with E-state index in [9.17, 15) is 4.79 Å². The van der Waals surface area contributed by atoms with E-state index in [0.717, 1.165) is 24.4 Å². The third kappa shape index (κ3) is 5.85. The van der Waals surface area contributed by atoms with Crippen molar-refractivity contribution in [3.8, 4) is 0 Å². The van der Waals surface area contributed by atoms with E-state index in [-0.39, 0.29) is 5.91 Å². The molecule has 0 aliphatic carbocycles. The first kappa shape index (κ1) is 18.3. The predicted molar refractivity (Wildman–Crippen MR) is 95.6 cm³/mol. The first-order valence-electron chi connectivity index (χ1n) is 8.78. The number of amides is 1. The second-order valence-corrected chi connectivity index (χ2v) is 6.39. The molecule has 0 bridgehead atoms. The number of hydrogen-bond acceptors (Lipinski definition) is 2. The molecule has 1 atom stereocenters. The molecule has 2 rings (SSSR count). The SMILES string of the molecule is CC[C@H](C)[NH2+]CC(=O)N(CCc1ccccc1)Cc1ccc(C)o1. The molecule has 2 N–H and O–H groups in total. The summed E-state index contributed by atoms with van der Waals surface area (Å²) < 4.78 is 5.66. The Bertz CT molecular complexity index is 622. The molecule has 4 nitrogen and oxygen atoms in total.